The Morgan fingerprint density at radius 1 is 1.50 bits per heavy atom. The Labute approximate surface area is 94.2 Å². The van der Waals surface area contributed by atoms with Crippen molar-refractivity contribution in [2.45, 2.75) is 13.5 Å². The van der Waals surface area contributed by atoms with E-state index >= 15 is 0 Å². The fraction of sp³-hybridized carbons (Fsp3) is 0.667. The van der Waals surface area contributed by atoms with E-state index in [9.17, 15) is 4.79 Å². The van der Waals surface area contributed by atoms with Crippen LogP contribution in [-0.4, -0.2) is 43.3 Å². The maximum atomic E-state index is 11.3. The van der Waals surface area contributed by atoms with E-state index in [0.29, 0.717) is 25.0 Å². The Morgan fingerprint density at radius 3 is 2.88 bits per heavy atom. The second-order valence-corrected chi connectivity index (χ2v) is 3.32. The number of nitrogens with one attached hydrogen (secondary N) is 2. The highest BCUT2D eigenvalue weighted by molar-refractivity contribution is 5.80. The van der Waals surface area contributed by atoms with Crippen LogP contribution >= 0.6 is 0 Å². The van der Waals surface area contributed by atoms with Crippen LogP contribution in [0.1, 0.15) is 12.8 Å². The average molecular weight is 227 g/mol. The zero-order valence-corrected chi connectivity index (χ0v) is 9.78. The highest BCUT2D eigenvalue weighted by Gasteiger charge is 2.12. The Balaban J connectivity index is 2.51. The quantitative estimate of drug-likeness (QED) is 0.672. The van der Waals surface area contributed by atoms with Gasteiger partial charge in [0.1, 0.15) is 6.54 Å². The van der Waals surface area contributed by atoms with Gasteiger partial charge in [0.25, 0.3) is 0 Å². The Hall–Kier alpha value is -1.63. The minimum atomic E-state index is -0.0710. The average Bonchev–Trinajstić information content (AvgIpc) is 2.67. The van der Waals surface area contributed by atoms with Crippen molar-refractivity contribution in [3.8, 4) is 0 Å². The van der Waals surface area contributed by atoms with Gasteiger partial charge < -0.3 is 20.0 Å². The van der Waals surface area contributed by atoms with Crippen molar-refractivity contribution in [2.75, 3.05) is 32.1 Å². The van der Waals surface area contributed by atoms with Crippen molar-refractivity contribution in [2.24, 2.45) is 0 Å². The molecule has 0 unspecified atom stereocenters. The molecular weight excluding hydrogens is 210 g/mol. The third-order valence-corrected chi connectivity index (χ3v) is 1.87. The largest absolute Gasteiger partial charge is 0.407 e. The number of hydrogen-bond acceptors (Lipinski definition) is 6. The van der Waals surface area contributed by atoms with Crippen molar-refractivity contribution < 1.29 is 9.21 Å². The molecule has 90 valence electrons. The number of carbonyl (C=O) groups is 1. The predicted octanol–water partition coefficient (Wildman–Crippen LogP) is -0.639. The summed E-state index contributed by atoms with van der Waals surface area (Å²) >= 11 is 0. The molecule has 0 spiro atoms. The summed E-state index contributed by atoms with van der Waals surface area (Å²) in [5, 5.41) is 13.3. The number of carbonyl (C=O) groups excluding carboxylic acids is 1. The van der Waals surface area contributed by atoms with Gasteiger partial charge in [-0.05, 0) is 14.0 Å². The van der Waals surface area contributed by atoms with Crippen molar-refractivity contribution in [3.63, 3.8) is 0 Å². The molecule has 0 aliphatic rings. The summed E-state index contributed by atoms with van der Waals surface area (Å²) in [4.78, 5) is 12.9. The smallest absolute Gasteiger partial charge is 0.318 e. The molecule has 1 aromatic rings. The van der Waals surface area contributed by atoms with E-state index in [4.69, 9.17) is 4.42 Å². The molecule has 1 amide bonds. The van der Waals surface area contributed by atoms with E-state index in [-0.39, 0.29) is 12.5 Å². The number of anilines is 1. The maximum absolute atomic E-state index is 11.3. The number of nitrogens with zero attached hydrogens (tertiary/aromatic N) is 3. The van der Waals surface area contributed by atoms with Gasteiger partial charge in [0.15, 0.2) is 0 Å². The van der Waals surface area contributed by atoms with E-state index in [2.05, 4.69) is 20.8 Å². The number of amides is 1. The molecule has 2 N–H and O–H groups in total. The van der Waals surface area contributed by atoms with Crippen LogP contribution in [-0.2, 0) is 11.3 Å². The molecule has 0 aliphatic heterocycles. The van der Waals surface area contributed by atoms with Crippen LogP contribution in [0.2, 0.25) is 0 Å². The SMILES string of the molecule is CCNC(=O)CN(C)c1nnc(CNC)o1. The van der Waals surface area contributed by atoms with Crippen LogP contribution in [0.15, 0.2) is 4.42 Å². The first-order valence-electron chi connectivity index (χ1n) is 5.12. The van der Waals surface area contributed by atoms with Crippen LogP contribution < -0.4 is 15.5 Å². The first-order valence-corrected chi connectivity index (χ1v) is 5.12. The van der Waals surface area contributed by atoms with E-state index in [1.54, 1.807) is 19.0 Å². The van der Waals surface area contributed by atoms with Gasteiger partial charge in [-0.1, -0.05) is 5.10 Å². The standard InChI is InChI=1S/C9H17N5O2/c1-4-11-7(15)6-14(3)9-13-12-8(16-9)5-10-2/h10H,4-6H2,1-3H3,(H,11,15). The molecule has 1 aromatic heterocycles. The molecule has 0 atom stereocenters. The molecule has 0 saturated heterocycles. The maximum Gasteiger partial charge on any atom is 0.318 e. The summed E-state index contributed by atoms with van der Waals surface area (Å²) in [7, 11) is 3.52. The van der Waals surface area contributed by atoms with Crippen LogP contribution in [0.25, 0.3) is 0 Å². The Bertz CT molecular complexity index is 338. The zero-order valence-electron chi connectivity index (χ0n) is 9.78. The lowest BCUT2D eigenvalue weighted by Crippen LogP contribution is -2.35. The molecule has 0 aromatic carbocycles. The Kier molecular flexibility index (Phi) is 4.71. The third kappa shape index (κ3) is 3.50. The molecule has 0 saturated carbocycles. The lowest BCUT2D eigenvalue weighted by atomic mass is 10.5. The van der Waals surface area contributed by atoms with Crippen LogP contribution in [0.5, 0.6) is 0 Å². The fourth-order valence-electron chi connectivity index (χ4n) is 1.16. The van der Waals surface area contributed by atoms with Crippen LogP contribution in [0.4, 0.5) is 6.01 Å². The molecule has 0 radical (unpaired) electrons. The summed E-state index contributed by atoms with van der Waals surface area (Å²) in [6.07, 6.45) is 0. The molecule has 16 heavy (non-hydrogen) atoms. The second-order valence-electron chi connectivity index (χ2n) is 3.32. The first-order chi connectivity index (χ1) is 7.67. The summed E-state index contributed by atoms with van der Waals surface area (Å²) in [6.45, 7) is 3.20. The predicted molar refractivity (Wildman–Crippen MR) is 59.0 cm³/mol. The minimum Gasteiger partial charge on any atom is -0.407 e. The van der Waals surface area contributed by atoms with Crippen LogP contribution in [0.3, 0.4) is 0 Å². The third-order valence-electron chi connectivity index (χ3n) is 1.87. The van der Waals surface area contributed by atoms with Gasteiger partial charge in [-0.25, -0.2) is 0 Å². The monoisotopic (exact) mass is 227 g/mol. The summed E-state index contributed by atoms with van der Waals surface area (Å²) in [5.41, 5.74) is 0. The number of rotatable bonds is 6. The topological polar surface area (TPSA) is 83.3 Å². The van der Waals surface area contributed by atoms with E-state index in [1.165, 1.54) is 0 Å². The fourth-order valence-corrected chi connectivity index (χ4v) is 1.16. The lowest BCUT2D eigenvalue weighted by Gasteiger charge is -2.12. The van der Waals surface area contributed by atoms with Gasteiger partial charge in [-0.15, -0.1) is 5.10 Å². The van der Waals surface area contributed by atoms with Crippen molar-refractivity contribution >= 4 is 11.9 Å². The highest BCUT2D eigenvalue weighted by Crippen LogP contribution is 2.09. The minimum absolute atomic E-state index is 0.0710. The normalized spacial score (nSPS) is 10.2. The van der Waals surface area contributed by atoms with E-state index in [1.807, 2.05) is 6.92 Å². The van der Waals surface area contributed by atoms with Crippen molar-refractivity contribution in [1.29, 1.82) is 0 Å². The van der Waals surface area contributed by atoms with Gasteiger partial charge in [0.05, 0.1) is 6.54 Å². The molecule has 0 bridgehead atoms. The van der Waals surface area contributed by atoms with Crippen molar-refractivity contribution in [3.05, 3.63) is 5.89 Å². The van der Waals surface area contributed by atoms with Gasteiger partial charge >= 0.3 is 6.01 Å². The summed E-state index contributed by atoms with van der Waals surface area (Å²) in [6, 6.07) is 0.344. The molecule has 1 heterocycles. The lowest BCUT2D eigenvalue weighted by molar-refractivity contribution is -0.119. The number of aromatic nitrogens is 2. The van der Waals surface area contributed by atoms with Gasteiger partial charge in [0, 0.05) is 13.6 Å². The van der Waals surface area contributed by atoms with Crippen LogP contribution in [0, 0.1) is 0 Å². The number of likely N-dealkylation sites (N-methyl/N-ethyl adjacent to an activating group) is 2. The zero-order chi connectivity index (χ0) is 12.0. The van der Waals surface area contributed by atoms with E-state index < -0.39 is 0 Å². The summed E-state index contributed by atoms with van der Waals surface area (Å²) in [5.74, 6) is 0.429. The van der Waals surface area contributed by atoms with Gasteiger partial charge in [-0.2, -0.15) is 0 Å². The Morgan fingerprint density at radius 2 is 2.25 bits per heavy atom. The van der Waals surface area contributed by atoms with Gasteiger partial charge in [0.2, 0.25) is 11.8 Å². The number of hydrogen-bond donors (Lipinski definition) is 2. The molecule has 7 heteroatoms. The first kappa shape index (κ1) is 12.4. The van der Waals surface area contributed by atoms with E-state index in [0.717, 1.165) is 0 Å². The molecular formula is C9H17N5O2. The van der Waals surface area contributed by atoms with Crippen molar-refractivity contribution in [1.82, 2.24) is 20.8 Å². The van der Waals surface area contributed by atoms with Gasteiger partial charge in [-0.3, -0.25) is 4.79 Å². The molecule has 0 aliphatic carbocycles. The summed E-state index contributed by atoms with van der Waals surface area (Å²) < 4.78 is 5.33. The second kappa shape index (κ2) is 6.06. The molecule has 0 fully saturated rings. The molecule has 7 nitrogen and oxygen atoms in total. The highest BCUT2D eigenvalue weighted by atomic mass is 16.4. The molecule has 1 rings (SSSR count).